The Hall–Kier alpha value is -0.0256. The van der Waals surface area contributed by atoms with Crippen molar-refractivity contribution in [3.05, 3.63) is 34.9 Å². The minimum atomic E-state index is -1.62. The molecule has 1 aromatic rings. The second-order valence-corrected chi connectivity index (χ2v) is 43.4. The Morgan fingerprint density at radius 3 is 1.58 bits per heavy atom. The molecule has 0 atom stereocenters. The summed E-state index contributed by atoms with van der Waals surface area (Å²) >= 11 is 0. The number of hydrogen-bond donors (Lipinski definition) is 0. The van der Waals surface area contributed by atoms with Crippen LogP contribution in [0.4, 0.5) is 0 Å². The van der Waals surface area contributed by atoms with Gasteiger partial charge in [0.1, 0.15) is 0 Å². The lowest BCUT2D eigenvalue weighted by Crippen LogP contribution is -2.62. The van der Waals surface area contributed by atoms with E-state index in [9.17, 15) is 0 Å². The summed E-state index contributed by atoms with van der Waals surface area (Å²) in [5, 5.41) is 1.35. The Morgan fingerprint density at radius 2 is 1.25 bits per heavy atom. The van der Waals surface area contributed by atoms with Crippen molar-refractivity contribution in [3.63, 3.8) is 0 Å². The molecule has 134 valence electrons. The third-order valence-electron chi connectivity index (χ3n) is 3.85. The van der Waals surface area contributed by atoms with Crippen LogP contribution in [-0.4, -0.2) is 44.9 Å². The van der Waals surface area contributed by atoms with E-state index in [4.69, 9.17) is 4.43 Å². The first-order chi connectivity index (χ1) is 10.6. The zero-order valence-corrected chi connectivity index (χ0v) is 22.6. The molecule has 24 heavy (non-hydrogen) atoms. The number of rotatable bonds is 6. The Bertz CT molecular complexity index is 569. The maximum absolute atomic E-state index is 6.74. The van der Waals surface area contributed by atoms with Crippen molar-refractivity contribution < 1.29 is 4.43 Å². The Morgan fingerprint density at radius 1 is 0.833 bits per heavy atom. The molecule has 6 heteroatoms. The van der Waals surface area contributed by atoms with Gasteiger partial charge < -0.3 is 4.43 Å². The molecule has 0 aromatic heterocycles. The lowest BCUT2D eigenvalue weighted by atomic mass is 10.0. The van der Waals surface area contributed by atoms with Gasteiger partial charge in [-0.3, -0.25) is 0 Å². The third kappa shape index (κ3) is 6.36. The van der Waals surface area contributed by atoms with Crippen LogP contribution in [0, 0.1) is 13.8 Å². The van der Waals surface area contributed by atoms with E-state index in [1.807, 2.05) is 0 Å². The Balaban J connectivity index is 3.59. The molecule has 0 saturated heterocycles. The van der Waals surface area contributed by atoms with Gasteiger partial charge in [0, 0.05) is 20.7 Å². The average Bonchev–Trinajstić information content (AvgIpc) is 2.30. The van der Waals surface area contributed by atoms with Crippen molar-refractivity contribution in [2.75, 3.05) is 0 Å². The van der Waals surface area contributed by atoms with E-state index in [2.05, 4.69) is 91.0 Å². The Labute approximate surface area is 156 Å². The fourth-order valence-electron chi connectivity index (χ4n) is 3.23. The highest BCUT2D eigenvalue weighted by Crippen LogP contribution is 2.20. The van der Waals surface area contributed by atoms with Crippen LogP contribution >= 0.6 is 0 Å². The zero-order chi connectivity index (χ0) is 18.9. The van der Waals surface area contributed by atoms with E-state index in [-0.39, 0.29) is 7.35 Å². The van der Waals surface area contributed by atoms with Gasteiger partial charge in [0.2, 0.25) is 8.32 Å². The quantitative estimate of drug-likeness (QED) is 0.590. The van der Waals surface area contributed by atoms with E-state index in [1.165, 1.54) is 22.0 Å². The summed E-state index contributed by atoms with van der Waals surface area (Å²) < 4.78 is 6.74. The fourth-order valence-corrected chi connectivity index (χ4v) is 48.4. The summed E-state index contributed by atoms with van der Waals surface area (Å²) in [5.74, 6) is 0. The van der Waals surface area contributed by atoms with Gasteiger partial charge in [0.15, 0.2) is 0 Å². The minimum absolute atomic E-state index is 0.360. The first-order valence-corrected chi connectivity index (χ1v) is 24.8. The van der Waals surface area contributed by atoms with Crippen LogP contribution in [0.1, 0.15) is 16.7 Å². The van der Waals surface area contributed by atoms with Gasteiger partial charge in [-0.25, -0.2) is 0 Å². The summed E-state index contributed by atoms with van der Waals surface area (Å²) in [5.41, 5.74) is 4.17. The maximum Gasteiger partial charge on any atom is 0.241 e. The van der Waals surface area contributed by atoms with Crippen LogP contribution in [0.25, 0.3) is 0 Å². The van der Waals surface area contributed by atoms with Gasteiger partial charge in [-0.2, -0.15) is 0 Å². The molecule has 1 nitrogen and oxygen atoms in total. The molecule has 1 rings (SSSR count). The fraction of sp³-hybridized carbons (Fsp3) is 0.611. The molecule has 0 spiro atoms. The molecule has 0 fully saturated rings. The SMILES string of the molecule is Cc1cccc(C)c1C(O[Si](C)(C)C)=[Si][Si]([Si](C)(C)C)[Si](C)(C)C. The van der Waals surface area contributed by atoms with Crippen LogP contribution in [0.15, 0.2) is 18.2 Å². The molecule has 0 aliphatic rings. The molecule has 0 aliphatic heterocycles. The molecule has 2 radical (unpaired) electrons. The second kappa shape index (κ2) is 7.69. The van der Waals surface area contributed by atoms with Crippen molar-refractivity contribution in [2.24, 2.45) is 0 Å². The molecular formula is C18H36OSi5. The second-order valence-electron chi connectivity index (χ2n) is 9.81. The van der Waals surface area contributed by atoms with E-state index < -0.39 is 23.5 Å². The van der Waals surface area contributed by atoms with Crippen LogP contribution in [0.5, 0.6) is 0 Å². The highest BCUT2D eigenvalue weighted by molar-refractivity contribution is 7.75. The number of hydrogen-bond acceptors (Lipinski definition) is 1. The van der Waals surface area contributed by atoms with E-state index in [0.29, 0.717) is 0 Å². The van der Waals surface area contributed by atoms with E-state index >= 15 is 0 Å². The zero-order valence-electron chi connectivity index (χ0n) is 17.6. The first kappa shape index (κ1) is 22.0. The number of benzene rings is 1. The predicted octanol–water partition coefficient (Wildman–Crippen LogP) is 5.16. The van der Waals surface area contributed by atoms with Gasteiger partial charge in [-0.05, 0) is 44.6 Å². The van der Waals surface area contributed by atoms with Crippen molar-refractivity contribution in [1.29, 1.82) is 0 Å². The van der Waals surface area contributed by atoms with Gasteiger partial charge in [0.25, 0.3) is 0 Å². The monoisotopic (exact) mass is 408 g/mol. The standard InChI is InChI=1S/C18H36OSi5/c1-15-13-12-14-16(2)17(15)18(19-22(3,4)5)20-21(23(6,7)8)24(9,10)11/h12-14H,1-11H3. The van der Waals surface area contributed by atoms with Crippen molar-refractivity contribution in [1.82, 2.24) is 0 Å². The minimum Gasteiger partial charge on any atom is -0.548 e. The maximum atomic E-state index is 6.74. The molecular weight excluding hydrogens is 373 g/mol. The highest BCUT2D eigenvalue weighted by Gasteiger charge is 2.39. The third-order valence-corrected chi connectivity index (χ3v) is 48.4. The predicted molar refractivity (Wildman–Crippen MR) is 123 cm³/mol. The molecule has 0 unspecified atom stereocenters. The van der Waals surface area contributed by atoms with Crippen LogP contribution in [0.2, 0.25) is 58.9 Å². The summed E-state index contributed by atoms with van der Waals surface area (Å²) in [6.07, 6.45) is 0. The smallest absolute Gasteiger partial charge is 0.241 e. The normalized spacial score (nSPS) is 14.2. The Kier molecular flexibility index (Phi) is 7.06. The van der Waals surface area contributed by atoms with E-state index in [1.54, 1.807) is 0 Å². The van der Waals surface area contributed by atoms with Crippen molar-refractivity contribution in [3.8, 4) is 0 Å². The van der Waals surface area contributed by atoms with Crippen LogP contribution < -0.4 is 0 Å². The van der Waals surface area contributed by atoms with Crippen LogP contribution in [0.3, 0.4) is 0 Å². The van der Waals surface area contributed by atoms with Crippen LogP contribution in [-0.2, 0) is 4.43 Å². The largest absolute Gasteiger partial charge is 0.548 e. The summed E-state index contributed by atoms with van der Waals surface area (Å²) in [6, 6.07) is 6.66. The van der Waals surface area contributed by atoms with Gasteiger partial charge in [-0.1, -0.05) is 57.5 Å². The molecule has 0 N–H and O–H groups in total. The summed E-state index contributed by atoms with van der Waals surface area (Å²) in [7, 11) is -3.34. The molecule has 0 aliphatic carbocycles. The van der Waals surface area contributed by atoms with Crippen molar-refractivity contribution in [2.45, 2.75) is 72.8 Å². The molecule has 1 aromatic carbocycles. The topological polar surface area (TPSA) is 9.23 Å². The lowest BCUT2D eigenvalue weighted by Gasteiger charge is -2.36. The number of aryl methyl sites for hydroxylation is 2. The molecule has 0 bridgehead atoms. The van der Waals surface area contributed by atoms with Gasteiger partial charge in [-0.15, -0.1) is 0 Å². The highest BCUT2D eigenvalue weighted by atomic mass is 29.9. The molecule has 0 heterocycles. The van der Waals surface area contributed by atoms with Crippen molar-refractivity contribution >= 4 is 44.9 Å². The molecule has 0 saturated carbocycles. The van der Waals surface area contributed by atoms with E-state index in [0.717, 1.165) is 8.65 Å². The first-order valence-electron chi connectivity index (χ1n) is 8.90. The summed E-state index contributed by atoms with van der Waals surface area (Å²) in [6.45, 7) is 27.0. The molecule has 0 amide bonds. The summed E-state index contributed by atoms with van der Waals surface area (Å²) in [4.78, 5) is 0. The van der Waals surface area contributed by atoms with Gasteiger partial charge in [0.05, 0.1) is 21.4 Å². The lowest BCUT2D eigenvalue weighted by molar-refractivity contribution is 0.566. The average molecular weight is 409 g/mol. The van der Waals surface area contributed by atoms with Gasteiger partial charge >= 0.3 is 0 Å².